The number of hydrogen-bond acceptors (Lipinski definition) is 3. The summed E-state index contributed by atoms with van der Waals surface area (Å²) in [6, 6.07) is 4.70. The van der Waals surface area contributed by atoms with Gasteiger partial charge < -0.3 is 9.84 Å². The Bertz CT molecular complexity index is 416. The molecule has 0 aromatic heterocycles. The Morgan fingerprint density at radius 3 is 3.00 bits per heavy atom. The number of morpholine rings is 1. The van der Waals surface area contributed by atoms with Crippen LogP contribution in [0.3, 0.4) is 0 Å². The van der Waals surface area contributed by atoms with Gasteiger partial charge in [-0.25, -0.2) is 4.39 Å². The van der Waals surface area contributed by atoms with E-state index in [0.29, 0.717) is 13.1 Å². The Morgan fingerprint density at radius 2 is 2.28 bits per heavy atom. The van der Waals surface area contributed by atoms with Gasteiger partial charge >= 0.3 is 0 Å². The Labute approximate surface area is 115 Å². The molecule has 2 rings (SSSR count). The van der Waals surface area contributed by atoms with Crippen LogP contribution in [0.1, 0.15) is 12.5 Å². The van der Waals surface area contributed by atoms with E-state index in [1.807, 2.05) is 6.92 Å². The van der Waals surface area contributed by atoms with Gasteiger partial charge in [-0.1, -0.05) is 15.9 Å². The zero-order chi connectivity index (χ0) is 13.1. The third-order valence-corrected chi connectivity index (χ3v) is 3.78. The summed E-state index contributed by atoms with van der Waals surface area (Å²) in [7, 11) is 0. The smallest absolute Gasteiger partial charge is 0.123 e. The Morgan fingerprint density at radius 1 is 1.50 bits per heavy atom. The highest BCUT2D eigenvalue weighted by molar-refractivity contribution is 9.10. The van der Waals surface area contributed by atoms with Crippen LogP contribution in [-0.2, 0) is 11.3 Å². The van der Waals surface area contributed by atoms with Crippen molar-refractivity contribution in [2.75, 3.05) is 19.7 Å². The summed E-state index contributed by atoms with van der Waals surface area (Å²) in [4.78, 5) is 2.18. The van der Waals surface area contributed by atoms with Crippen LogP contribution in [0.4, 0.5) is 4.39 Å². The average molecular weight is 318 g/mol. The first-order valence-electron chi connectivity index (χ1n) is 6.01. The monoisotopic (exact) mass is 317 g/mol. The highest BCUT2D eigenvalue weighted by Gasteiger charge is 2.25. The van der Waals surface area contributed by atoms with Crippen molar-refractivity contribution in [1.29, 1.82) is 0 Å². The molecule has 5 heteroatoms. The number of ether oxygens (including phenoxy) is 1. The van der Waals surface area contributed by atoms with E-state index in [1.54, 1.807) is 6.07 Å². The van der Waals surface area contributed by atoms with Gasteiger partial charge in [0.25, 0.3) is 0 Å². The van der Waals surface area contributed by atoms with Gasteiger partial charge in [0.2, 0.25) is 0 Å². The largest absolute Gasteiger partial charge is 0.394 e. The second-order valence-electron chi connectivity index (χ2n) is 4.68. The van der Waals surface area contributed by atoms with E-state index in [0.717, 1.165) is 16.6 Å². The van der Waals surface area contributed by atoms with Crippen LogP contribution in [0, 0.1) is 5.82 Å². The molecule has 0 amide bonds. The summed E-state index contributed by atoms with van der Waals surface area (Å²) in [5, 5.41) is 9.17. The highest BCUT2D eigenvalue weighted by Crippen LogP contribution is 2.21. The second kappa shape index (κ2) is 6.10. The molecule has 2 unspecified atom stereocenters. The molecule has 1 N–H and O–H groups in total. The molecule has 0 radical (unpaired) electrons. The lowest BCUT2D eigenvalue weighted by Crippen LogP contribution is -2.47. The molecule has 3 nitrogen and oxygen atoms in total. The molecule has 1 aliphatic heterocycles. The van der Waals surface area contributed by atoms with Crippen LogP contribution in [0.5, 0.6) is 0 Å². The van der Waals surface area contributed by atoms with E-state index >= 15 is 0 Å². The van der Waals surface area contributed by atoms with Gasteiger partial charge in [-0.3, -0.25) is 4.90 Å². The van der Waals surface area contributed by atoms with Gasteiger partial charge in [0.05, 0.1) is 18.8 Å². The molecule has 100 valence electrons. The number of benzene rings is 1. The van der Waals surface area contributed by atoms with E-state index in [-0.39, 0.29) is 24.6 Å². The van der Waals surface area contributed by atoms with Crippen molar-refractivity contribution in [2.24, 2.45) is 0 Å². The van der Waals surface area contributed by atoms with Gasteiger partial charge in [-0.05, 0) is 30.7 Å². The maximum absolute atomic E-state index is 13.2. The number of rotatable bonds is 3. The molecular weight excluding hydrogens is 301 g/mol. The molecule has 1 fully saturated rings. The Kier molecular flexibility index (Phi) is 4.72. The summed E-state index contributed by atoms with van der Waals surface area (Å²) in [5.74, 6) is -0.229. The maximum Gasteiger partial charge on any atom is 0.123 e. The molecule has 2 atom stereocenters. The van der Waals surface area contributed by atoms with Gasteiger partial charge in [0.15, 0.2) is 0 Å². The van der Waals surface area contributed by atoms with Crippen molar-refractivity contribution in [3.05, 3.63) is 34.1 Å². The minimum Gasteiger partial charge on any atom is -0.394 e. The quantitative estimate of drug-likeness (QED) is 0.927. The van der Waals surface area contributed by atoms with Crippen LogP contribution in [0.25, 0.3) is 0 Å². The SMILES string of the molecule is CC1CN(Cc2cc(F)ccc2Br)CC(CO)O1. The highest BCUT2D eigenvalue weighted by atomic mass is 79.9. The fourth-order valence-electron chi connectivity index (χ4n) is 2.28. The van der Waals surface area contributed by atoms with E-state index in [1.165, 1.54) is 12.1 Å². The van der Waals surface area contributed by atoms with E-state index in [4.69, 9.17) is 4.74 Å². The van der Waals surface area contributed by atoms with Crippen LogP contribution >= 0.6 is 15.9 Å². The maximum atomic E-state index is 13.2. The predicted octanol–water partition coefficient (Wildman–Crippen LogP) is 2.17. The number of aliphatic hydroxyl groups is 1. The fourth-order valence-corrected chi connectivity index (χ4v) is 2.65. The van der Waals surface area contributed by atoms with Crippen molar-refractivity contribution in [2.45, 2.75) is 25.7 Å². The molecular formula is C13H17BrFNO2. The number of aliphatic hydroxyl groups excluding tert-OH is 1. The summed E-state index contributed by atoms with van der Waals surface area (Å²) >= 11 is 3.43. The van der Waals surface area contributed by atoms with Gasteiger partial charge in [-0.15, -0.1) is 0 Å². The van der Waals surface area contributed by atoms with E-state index in [9.17, 15) is 9.50 Å². The van der Waals surface area contributed by atoms with Crippen molar-refractivity contribution in [3.8, 4) is 0 Å². The van der Waals surface area contributed by atoms with Crippen LogP contribution in [0.2, 0.25) is 0 Å². The third kappa shape index (κ3) is 3.51. The standard InChI is InChI=1S/C13H17BrFNO2/c1-9-5-16(7-12(8-17)18-9)6-10-4-11(15)2-3-13(10)14/h2-4,9,12,17H,5-8H2,1H3. The van der Waals surface area contributed by atoms with Crippen molar-refractivity contribution in [1.82, 2.24) is 4.90 Å². The van der Waals surface area contributed by atoms with Gasteiger partial charge in [0, 0.05) is 24.1 Å². The first kappa shape index (κ1) is 13.9. The van der Waals surface area contributed by atoms with Crippen molar-refractivity contribution < 1.29 is 14.2 Å². The van der Waals surface area contributed by atoms with Crippen LogP contribution in [0.15, 0.2) is 22.7 Å². The van der Waals surface area contributed by atoms with Gasteiger partial charge in [0.1, 0.15) is 5.82 Å². The Hall–Kier alpha value is -0.490. The summed E-state index contributed by atoms with van der Waals surface area (Å²) < 4.78 is 19.7. The zero-order valence-corrected chi connectivity index (χ0v) is 11.9. The fraction of sp³-hybridized carbons (Fsp3) is 0.538. The first-order chi connectivity index (χ1) is 8.58. The summed E-state index contributed by atoms with van der Waals surface area (Å²) in [6.07, 6.45) is -0.0654. The van der Waals surface area contributed by atoms with Crippen molar-refractivity contribution in [3.63, 3.8) is 0 Å². The van der Waals surface area contributed by atoms with Crippen molar-refractivity contribution >= 4 is 15.9 Å². The lowest BCUT2D eigenvalue weighted by molar-refractivity contribution is -0.0973. The number of halogens is 2. The van der Waals surface area contributed by atoms with Crippen LogP contribution < -0.4 is 0 Å². The number of hydrogen-bond donors (Lipinski definition) is 1. The van der Waals surface area contributed by atoms with Gasteiger partial charge in [-0.2, -0.15) is 0 Å². The molecule has 0 bridgehead atoms. The summed E-state index contributed by atoms with van der Waals surface area (Å²) in [6.45, 7) is 4.12. The predicted molar refractivity (Wildman–Crippen MR) is 70.8 cm³/mol. The lowest BCUT2D eigenvalue weighted by Gasteiger charge is -2.36. The molecule has 0 aliphatic carbocycles. The Balaban J connectivity index is 2.06. The van der Waals surface area contributed by atoms with E-state index < -0.39 is 0 Å². The molecule has 1 aromatic carbocycles. The first-order valence-corrected chi connectivity index (χ1v) is 6.80. The molecule has 0 spiro atoms. The average Bonchev–Trinajstić information content (AvgIpc) is 2.33. The van der Waals surface area contributed by atoms with E-state index in [2.05, 4.69) is 20.8 Å². The minimum atomic E-state index is -0.229. The third-order valence-electron chi connectivity index (χ3n) is 3.01. The number of nitrogens with zero attached hydrogens (tertiary/aromatic N) is 1. The normalized spacial score (nSPS) is 25.3. The molecule has 1 aromatic rings. The molecule has 1 heterocycles. The molecule has 1 aliphatic rings. The molecule has 18 heavy (non-hydrogen) atoms. The van der Waals surface area contributed by atoms with Crippen LogP contribution in [-0.4, -0.2) is 41.9 Å². The topological polar surface area (TPSA) is 32.7 Å². The lowest BCUT2D eigenvalue weighted by atomic mass is 10.1. The second-order valence-corrected chi connectivity index (χ2v) is 5.54. The minimum absolute atomic E-state index is 0.0190. The zero-order valence-electron chi connectivity index (χ0n) is 10.3. The summed E-state index contributed by atoms with van der Waals surface area (Å²) in [5.41, 5.74) is 0.917. The molecule has 0 saturated carbocycles. The molecule has 1 saturated heterocycles.